The average molecular weight is 408 g/mol. The first kappa shape index (κ1) is 20.4. The zero-order chi connectivity index (χ0) is 21.4. The second-order valence-electron chi connectivity index (χ2n) is 8.24. The fourth-order valence-corrected chi connectivity index (χ4v) is 4.64. The number of rotatable bonds is 3. The van der Waals surface area contributed by atoms with E-state index in [1.54, 1.807) is 0 Å². The maximum Gasteiger partial charge on any atom is 0.320 e. The molecule has 2 aliphatic heterocycles. The second kappa shape index (κ2) is 8.11. The Kier molecular flexibility index (Phi) is 5.52. The molecule has 0 atom stereocenters. The summed E-state index contributed by atoms with van der Waals surface area (Å²) in [5.74, 6) is -0.843. The van der Waals surface area contributed by atoms with Gasteiger partial charge >= 0.3 is 12.0 Å². The molecule has 4 rings (SSSR count). The molecule has 0 radical (unpaired) electrons. The van der Waals surface area contributed by atoms with Crippen molar-refractivity contribution in [2.24, 2.45) is 0 Å². The van der Waals surface area contributed by atoms with Crippen LogP contribution in [0.25, 0.3) is 11.1 Å². The van der Waals surface area contributed by atoms with E-state index in [0.29, 0.717) is 39.4 Å². The Morgan fingerprint density at radius 1 is 0.933 bits per heavy atom. The quantitative estimate of drug-likeness (QED) is 0.841. The number of carbonyl (C=O) groups excluding carboxylic acids is 1. The molecule has 0 aliphatic carbocycles. The molecule has 2 aliphatic rings. The van der Waals surface area contributed by atoms with E-state index in [1.807, 2.05) is 23.6 Å². The molecule has 2 heterocycles. The molecule has 0 unspecified atom stereocenters. The van der Waals surface area contributed by atoms with E-state index < -0.39 is 5.97 Å². The molecule has 6 nitrogen and oxygen atoms in total. The summed E-state index contributed by atoms with van der Waals surface area (Å²) in [4.78, 5) is 28.4. The van der Waals surface area contributed by atoms with Crippen LogP contribution >= 0.6 is 0 Å². The number of aryl methyl sites for hydroxylation is 1. The van der Waals surface area contributed by atoms with Crippen LogP contribution in [-0.4, -0.2) is 53.2 Å². The molecule has 6 heteroatoms. The van der Waals surface area contributed by atoms with Crippen molar-refractivity contribution in [3.8, 4) is 11.1 Å². The molecule has 158 valence electrons. The minimum absolute atomic E-state index is 0.0272. The lowest BCUT2D eigenvalue weighted by Crippen LogP contribution is -2.46. The molecule has 0 spiro atoms. The number of ether oxygens (including phenoxy) is 1. The number of hydrogen-bond donors (Lipinski definition) is 1. The first-order chi connectivity index (χ1) is 14.4. The summed E-state index contributed by atoms with van der Waals surface area (Å²) in [6.45, 7) is 9.56. The van der Waals surface area contributed by atoms with Crippen LogP contribution in [0.3, 0.4) is 0 Å². The van der Waals surface area contributed by atoms with Crippen LogP contribution in [0.1, 0.15) is 33.4 Å². The first-order valence-corrected chi connectivity index (χ1v) is 10.4. The Balaban J connectivity index is 1.76. The van der Waals surface area contributed by atoms with Crippen molar-refractivity contribution in [3.05, 3.63) is 57.6 Å². The number of morpholine rings is 1. The minimum atomic E-state index is -0.843. The van der Waals surface area contributed by atoms with Gasteiger partial charge in [-0.1, -0.05) is 29.8 Å². The fourth-order valence-electron chi connectivity index (χ4n) is 4.64. The van der Waals surface area contributed by atoms with E-state index >= 15 is 0 Å². The van der Waals surface area contributed by atoms with Crippen molar-refractivity contribution in [2.45, 2.75) is 40.3 Å². The highest BCUT2D eigenvalue weighted by Gasteiger charge is 2.32. The Morgan fingerprint density at radius 3 is 2.13 bits per heavy atom. The molecule has 1 saturated heterocycles. The second-order valence-corrected chi connectivity index (χ2v) is 8.24. The fraction of sp³-hybridized carbons (Fsp3) is 0.417. The van der Waals surface area contributed by atoms with Crippen molar-refractivity contribution in [1.29, 1.82) is 0 Å². The van der Waals surface area contributed by atoms with Gasteiger partial charge in [0.15, 0.2) is 0 Å². The minimum Gasteiger partial charge on any atom is -0.481 e. The van der Waals surface area contributed by atoms with Gasteiger partial charge in [0.2, 0.25) is 0 Å². The predicted octanol–water partition coefficient (Wildman–Crippen LogP) is 3.67. The molecule has 0 saturated carbocycles. The summed E-state index contributed by atoms with van der Waals surface area (Å²) in [5, 5.41) is 9.57. The summed E-state index contributed by atoms with van der Waals surface area (Å²) in [6, 6.07) is 8.25. The number of carbonyl (C=O) groups is 2. The summed E-state index contributed by atoms with van der Waals surface area (Å²) >= 11 is 0. The van der Waals surface area contributed by atoms with Crippen LogP contribution in [0.15, 0.2) is 24.3 Å². The smallest absolute Gasteiger partial charge is 0.320 e. The number of carboxylic acids is 1. The molecule has 0 bridgehead atoms. The third-order valence-corrected chi connectivity index (χ3v) is 6.32. The molecule has 1 fully saturated rings. The van der Waals surface area contributed by atoms with E-state index in [1.165, 1.54) is 0 Å². The number of hydrogen-bond acceptors (Lipinski definition) is 3. The van der Waals surface area contributed by atoms with Gasteiger partial charge in [-0.3, -0.25) is 4.79 Å². The Morgan fingerprint density at radius 2 is 1.53 bits per heavy atom. The lowest BCUT2D eigenvalue weighted by atomic mass is 9.84. The molecule has 2 amide bonds. The van der Waals surface area contributed by atoms with E-state index in [4.69, 9.17) is 4.74 Å². The third kappa shape index (κ3) is 3.67. The first-order valence-electron chi connectivity index (χ1n) is 10.4. The predicted molar refractivity (Wildman–Crippen MR) is 114 cm³/mol. The lowest BCUT2D eigenvalue weighted by molar-refractivity contribution is -0.136. The number of urea groups is 1. The van der Waals surface area contributed by atoms with Gasteiger partial charge < -0.3 is 19.6 Å². The van der Waals surface area contributed by atoms with E-state index in [9.17, 15) is 14.7 Å². The number of benzene rings is 2. The van der Waals surface area contributed by atoms with Gasteiger partial charge in [0.25, 0.3) is 0 Å². The van der Waals surface area contributed by atoms with Gasteiger partial charge in [-0.05, 0) is 59.7 Å². The number of aliphatic carboxylic acids is 1. The van der Waals surface area contributed by atoms with Crippen LogP contribution in [0.2, 0.25) is 0 Å². The van der Waals surface area contributed by atoms with E-state index in [2.05, 4.69) is 31.2 Å². The summed E-state index contributed by atoms with van der Waals surface area (Å²) in [7, 11) is 0. The van der Waals surface area contributed by atoms with E-state index in [0.717, 1.165) is 44.5 Å². The van der Waals surface area contributed by atoms with Gasteiger partial charge in [-0.25, -0.2) is 4.79 Å². The summed E-state index contributed by atoms with van der Waals surface area (Å²) in [5.41, 5.74) is 8.35. The number of nitrogens with zero attached hydrogens (tertiary/aromatic N) is 2. The van der Waals surface area contributed by atoms with Crippen molar-refractivity contribution < 1.29 is 19.4 Å². The Hall–Kier alpha value is -2.86. The monoisotopic (exact) mass is 408 g/mol. The topological polar surface area (TPSA) is 70.1 Å². The molecule has 2 aromatic carbocycles. The highest BCUT2D eigenvalue weighted by Crippen LogP contribution is 2.39. The largest absolute Gasteiger partial charge is 0.481 e. The van der Waals surface area contributed by atoms with E-state index in [-0.39, 0.29) is 12.5 Å². The van der Waals surface area contributed by atoms with Crippen molar-refractivity contribution in [3.63, 3.8) is 0 Å². The zero-order valence-corrected chi connectivity index (χ0v) is 17.8. The number of carboxylic acid groups (broad SMARTS) is 1. The molecule has 0 aromatic heterocycles. The van der Waals surface area contributed by atoms with Gasteiger partial charge in [0.05, 0.1) is 19.6 Å². The molecule has 1 N–H and O–H groups in total. The summed E-state index contributed by atoms with van der Waals surface area (Å²) in [6.07, 6.45) is -0.0272. The van der Waals surface area contributed by atoms with Crippen LogP contribution in [0.5, 0.6) is 0 Å². The standard InChI is InChI=1S/C24H28N2O4/c1-15-4-6-18(7-5-15)23-17(3)21-14-26(24(29)25-8-10-30-11-9-25)13-20(21)16(2)19(23)12-22(27)28/h4-7H,8-14H2,1-3H3,(H,27,28). The normalized spacial score (nSPS) is 16.0. The van der Waals surface area contributed by atoms with Crippen LogP contribution in [-0.2, 0) is 29.0 Å². The maximum atomic E-state index is 13.0. The number of fused-ring (bicyclic) bond motifs is 1. The maximum absolute atomic E-state index is 13.0. The van der Waals surface area contributed by atoms with Crippen molar-refractivity contribution in [2.75, 3.05) is 26.3 Å². The van der Waals surface area contributed by atoms with Crippen molar-refractivity contribution in [1.82, 2.24) is 9.80 Å². The van der Waals surface area contributed by atoms with Crippen LogP contribution in [0.4, 0.5) is 4.79 Å². The van der Waals surface area contributed by atoms with Gasteiger partial charge in [-0.2, -0.15) is 0 Å². The highest BCUT2D eigenvalue weighted by atomic mass is 16.5. The van der Waals surface area contributed by atoms with Crippen LogP contribution < -0.4 is 0 Å². The molecular formula is C24H28N2O4. The average Bonchev–Trinajstić information content (AvgIpc) is 3.19. The summed E-state index contributed by atoms with van der Waals surface area (Å²) < 4.78 is 5.37. The Bertz CT molecular complexity index is 992. The van der Waals surface area contributed by atoms with Gasteiger partial charge in [-0.15, -0.1) is 0 Å². The SMILES string of the molecule is Cc1ccc(-c2c(C)c3c(c(C)c2CC(=O)O)CN(C(=O)N2CCOCC2)C3)cc1. The molecular weight excluding hydrogens is 380 g/mol. The number of amides is 2. The molecule has 30 heavy (non-hydrogen) atoms. The molecule has 2 aromatic rings. The van der Waals surface area contributed by atoms with Crippen molar-refractivity contribution >= 4 is 12.0 Å². The van der Waals surface area contributed by atoms with Gasteiger partial charge in [0.1, 0.15) is 0 Å². The highest BCUT2D eigenvalue weighted by molar-refractivity contribution is 5.83. The zero-order valence-electron chi connectivity index (χ0n) is 17.8. The van der Waals surface area contributed by atoms with Gasteiger partial charge in [0, 0.05) is 26.2 Å². The third-order valence-electron chi connectivity index (χ3n) is 6.32. The Labute approximate surface area is 177 Å². The lowest BCUT2D eigenvalue weighted by Gasteiger charge is -2.30. The van der Waals surface area contributed by atoms with Crippen LogP contribution in [0, 0.1) is 20.8 Å².